The number of carbonyl (C=O) groups is 2. The maximum Gasteiger partial charge on any atom is 0.411 e. The summed E-state index contributed by atoms with van der Waals surface area (Å²) in [5.41, 5.74) is 1.02. The minimum Gasteiger partial charge on any atom is -0.447 e. The number of benzene rings is 2. The first kappa shape index (κ1) is 22.2. The Labute approximate surface area is 185 Å². The van der Waals surface area contributed by atoms with E-state index in [2.05, 4.69) is 5.32 Å². The molecule has 1 aliphatic heterocycles. The number of rotatable bonds is 7. The van der Waals surface area contributed by atoms with Gasteiger partial charge in [-0.25, -0.2) is 13.6 Å². The number of nitrogens with one attached hydrogen (secondary N) is 1. The number of fused-ring (bicyclic) bond motifs is 1. The van der Waals surface area contributed by atoms with Crippen molar-refractivity contribution in [2.45, 2.75) is 32.5 Å². The molecular weight excluding hydrogens is 418 g/mol. The van der Waals surface area contributed by atoms with Crippen molar-refractivity contribution < 1.29 is 27.8 Å². The molecular formula is C24H26F2N2O4. The zero-order valence-corrected chi connectivity index (χ0v) is 18.0. The molecule has 1 saturated heterocycles. The summed E-state index contributed by atoms with van der Waals surface area (Å²) in [7, 11) is 0. The number of hydrogen-bond acceptors (Lipinski definition) is 4. The molecule has 8 heteroatoms. The predicted molar refractivity (Wildman–Crippen MR) is 114 cm³/mol. The van der Waals surface area contributed by atoms with Crippen molar-refractivity contribution in [3.8, 4) is 0 Å². The van der Waals surface area contributed by atoms with Gasteiger partial charge in [-0.1, -0.05) is 30.3 Å². The second kappa shape index (κ2) is 9.24. The molecule has 1 saturated carbocycles. The van der Waals surface area contributed by atoms with Gasteiger partial charge in [0.05, 0.1) is 12.7 Å². The first-order valence-electron chi connectivity index (χ1n) is 10.7. The number of hydrogen-bond donors (Lipinski definition) is 1. The normalized spacial score (nSPS) is 21.4. The maximum atomic E-state index is 14.7. The zero-order chi connectivity index (χ0) is 22.8. The largest absolute Gasteiger partial charge is 0.447 e. The Morgan fingerprint density at radius 2 is 1.72 bits per heavy atom. The molecule has 1 heterocycles. The number of carbonyl (C=O) groups excluding carboxylic acids is 2. The molecule has 2 atom stereocenters. The average Bonchev–Trinajstić information content (AvgIpc) is 3.18. The number of ether oxygens (including phenoxy) is 2. The second-order valence-electron chi connectivity index (χ2n) is 8.56. The minimum atomic E-state index is -0.765. The lowest BCUT2D eigenvalue weighted by Gasteiger charge is -2.20. The molecule has 1 N–H and O–H groups in total. The fraction of sp³-hybridized carbons (Fsp3) is 0.417. The van der Waals surface area contributed by atoms with E-state index < -0.39 is 17.7 Å². The molecule has 2 unspecified atom stereocenters. The molecule has 32 heavy (non-hydrogen) atoms. The molecule has 1 aliphatic carbocycles. The van der Waals surface area contributed by atoms with Crippen LogP contribution < -0.4 is 5.32 Å². The third-order valence-electron chi connectivity index (χ3n) is 5.89. The molecule has 0 spiro atoms. The SMILES string of the molecule is CC(C)OC(=O)Nc1cc(F)c(C2C3CN(C(=O)COCc4ccccc4)CC32)c(F)c1. The number of anilines is 1. The van der Waals surface area contributed by atoms with E-state index in [-0.39, 0.29) is 47.6 Å². The fourth-order valence-corrected chi connectivity index (χ4v) is 4.42. The molecule has 4 rings (SSSR count). The molecule has 2 fully saturated rings. The molecule has 0 bridgehead atoms. The van der Waals surface area contributed by atoms with Gasteiger partial charge < -0.3 is 14.4 Å². The number of piperidine rings is 1. The summed E-state index contributed by atoms with van der Waals surface area (Å²) in [5, 5.41) is 2.34. The lowest BCUT2D eigenvalue weighted by Crippen LogP contribution is -2.34. The van der Waals surface area contributed by atoms with Gasteiger partial charge in [0.2, 0.25) is 5.91 Å². The van der Waals surface area contributed by atoms with Crippen molar-refractivity contribution in [3.05, 3.63) is 65.2 Å². The number of likely N-dealkylation sites (tertiary alicyclic amines) is 1. The van der Waals surface area contributed by atoms with Gasteiger partial charge in [0.25, 0.3) is 0 Å². The smallest absolute Gasteiger partial charge is 0.411 e. The van der Waals surface area contributed by atoms with E-state index in [1.165, 1.54) is 0 Å². The summed E-state index contributed by atoms with van der Waals surface area (Å²) in [6.45, 7) is 4.62. The fourth-order valence-electron chi connectivity index (χ4n) is 4.42. The third kappa shape index (κ3) is 4.91. The maximum absolute atomic E-state index is 14.7. The zero-order valence-electron chi connectivity index (χ0n) is 18.0. The first-order valence-corrected chi connectivity index (χ1v) is 10.7. The topological polar surface area (TPSA) is 67.9 Å². The van der Waals surface area contributed by atoms with Gasteiger partial charge in [0.15, 0.2) is 0 Å². The summed E-state index contributed by atoms with van der Waals surface area (Å²) in [6.07, 6.45) is -1.11. The van der Waals surface area contributed by atoms with Crippen molar-refractivity contribution in [1.29, 1.82) is 0 Å². The van der Waals surface area contributed by atoms with Crippen LogP contribution in [0.15, 0.2) is 42.5 Å². The van der Waals surface area contributed by atoms with Crippen LogP contribution in [0.4, 0.5) is 19.3 Å². The summed E-state index contributed by atoms with van der Waals surface area (Å²) in [6, 6.07) is 11.8. The standard InChI is InChI=1S/C24H26F2N2O4/c1-14(2)32-24(30)27-16-8-19(25)23(20(26)9-16)22-17-10-28(11-18(17)22)21(29)13-31-12-15-6-4-3-5-7-15/h3-9,14,17-18,22H,10-13H2,1-2H3,(H,27,30). The van der Waals surface area contributed by atoms with E-state index >= 15 is 0 Å². The number of amides is 2. The highest BCUT2D eigenvalue weighted by Crippen LogP contribution is 2.59. The monoisotopic (exact) mass is 444 g/mol. The summed E-state index contributed by atoms with van der Waals surface area (Å²) in [5.74, 6) is -1.72. The lowest BCUT2D eigenvalue weighted by molar-refractivity contribution is -0.136. The number of nitrogens with zero attached hydrogens (tertiary/aromatic N) is 1. The Bertz CT molecular complexity index is 964. The van der Waals surface area contributed by atoms with Gasteiger partial charge in [-0.3, -0.25) is 10.1 Å². The van der Waals surface area contributed by atoms with E-state index in [9.17, 15) is 18.4 Å². The van der Waals surface area contributed by atoms with Crippen LogP contribution in [0.2, 0.25) is 0 Å². The Morgan fingerprint density at radius 3 is 2.31 bits per heavy atom. The van der Waals surface area contributed by atoms with Gasteiger partial charge >= 0.3 is 6.09 Å². The molecule has 6 nitrogen and oxygen atoms in total. The summed E-state index contributed by atoms with van der Waals surface area (Å²) < 4.78 is 39.8. The van der Waals surface area contributed by atoms with Crippen LogP contribution in [0, 0.1) is 23.5 Å². The molecule has 2 aromatic rings. The van der Waals surface area contributed by atoms with Gasteiger partial charge in [-0.15, -0.1) is 0 Å². The highest BCUT2D eigenvalue weighted by molar-refractivity contribution is 5.84. The van der Waals surface area contributed by atoms with Crippen molar-refractivity contribution in [1.82, 2.24) is 4.90 Å². The Balaban J connectivity index is 1.29. The van der Waals surface area contributed by atoms with Crippen LogP contribution in [0.5, 0.6) is 0 Å². The summed E-state index contributed by atoms with van der Waals surface area (Å²) in [4.78, 5) is 25.8. The van der Waals surface area contributed by atoms with Crippen molar-refractivity contribution in [2.24, 2.45) is 11.8 Å². The van der Waals surface area contributed by atoms with Crippen molar-refractivity contribution >= 4 is 17.7 Å². The van der Waals surface area contributed by atoms with Gasteiger partial charge in [-0.05, 0) is 49.3 Å². The Hall–Kier alpha value is -3.00. The Kier molecular flexibility index (Phi) is 6.41. The molecule has 2 aliphatic rings. The van der Waals surface area contributed by atoms with E-state index in [1.54, 1.807) is 18.7 Å². The first-order chi connectivity index (χ1) is 15.3. The quantitative estimate of drug-likeness (QED) is 0.691. The van der Waals surface area contributed by atoms with Gasteiger partial charge in [-0.2, -0.15) is 0 Å². The van der Waals surface area contributed by atoms with E-state index in [0.717, 1.165) is 17.7 Å². The van der Waals surface area contributed by atoms with Crippen LogP contribution in [-0.4, -0.2) is 42.7 Å². The lowest BCUT2D eigenvalue weighted by atomic mass is 10.0. The van der Waals surface area contributed by atoms with Gasteiger partial charge in [0, 0.05) is 24.3 Å². The molecule has 0 aromatic heterocycles. The van der Waals surface area contributed by atoms with Crippen LogP contribution in [0.1, 0.15) is 30.9 Å². The highest BCUT2D eigenvalue weighted by Gasteiger charge is 2.58. The van der Waals surface area contributed by atoms with Crippen molar-refractivity contribution in [3.63, 3.8) is 0 Å². The number of halogens is 2. The van der Waals surface area contributed by atoms with Crippen LogP contribution in [-0.2, 0) is 20.9 Å². The predicted octanol–water partition coefficient (Wildman–Crippen LogP) is 4.31. The van der Waals surface area contributed by atoms with Gasteiger partial charge in [0.1, 0.15) is 18.2 Å². The van der Waals surface area contributed by atoms with Crippen LogP contribution in [0.3, 0.4) is 0 Å². The minimum absolute atomic E-state index is 0.00702. The highest BCUT2D eigenvalue weighted by atomic mass is 19.1. The third-order valence-corrected chi connectivity index (χ3v) is 5.89. The van der Waals surface area contributed by atoms with Crippen LogP contribution in [0.25, 0.3) is 0 Å². The van der Waals surface area contributed by atoms with E-state index in [1.807, 2.05) is 30.3 Å². The van der Waals surface area contributed by atoms with E-state index in [0.29, 0.717) is 19.7 Å². The average molecular weight is 444 g/mol. The van der Waals surface area contributed by atoms with E-state index in [4.69, 9.17) is 9.47 Å². The molecule has 2 amide bonds. The molecule has 0 radical (unpaired) electrons. The Morgan fingerprint density at radius 1 is 1.09 bits per heavy atom. The van der Waals surface area contributed by atoms with Crippen LogP contribution >= 0.6 is 0 Å². The van der Waals surface area contributed by atoms with Crippen molar-refractivity contribution in [2.75, 3.05) is 25.0 Å². The molecule has 170 valence electrons. The second-order valence-corrected chi connectivity index (χ2v) is 8.56. The summed E-state index contributed by atoms with van der Waals surface area (Å²) >= 11 is 0. The molecule has 2 aromatic carbocycles.